The van der Waals surface area contributed by atoms with E-state index in [0.717, 1.165) is 77.6 Å². The molecular weight excluding hydrogens is 647 g/mol. The molecule has 3 nitrogen and oxygen atoms in total. The van der Waals surface area contributed by atoms with E-state index in [1.54, 1.807) is 0 Å². The molecule has 0 aliphatic heterocycles. The molecule has 2 heterocycles. The highest BCUT2D eigenvalue weighted by atomic mass is 16.3. The number of para-hydroxylation sites is 3. The average molecular weight is 678 g/mol. The van der Waals surface area contributed by atoms with Gasteiger partial charge >= 0.3 is 0 Å². The number of nitrogens with zero attached hydrogens (tertiary/aromatic N) is 1. The largest absolute Gasteiger partial charge is 0.456 e. The first-order chi connectivity index (χ1) is 26.3. The van der Waals surface area contributed by atoms with Gasteiger partial charge in [0.05, 0.1) is 5.69 Å². The first kappa shape index (κ1) is 29.6. The van der Waals surface area contributed by atoms with Crippen LogP contribution in [0.3, 0.4) is 0 Å². The van der Waals surface area contributed by atoms with Gasteiger partial charge in [-0.05, 0) is 63.7 Å². The Morgan fingerprint density at radius 2 is 0.868 bits per heavy atom. The fraction of sp³-hybridized carbons (Fsp3) is 0. The molecule has 0 spiro atoms. The van der Waals surface area contributed by atoms with E-state index < -0.39 is 0 Å². The minimum absolute atomic E-state index is 0.855. The summed E-state index contributed by atoms with van der Waals surface area (Å²) in [6.07, 6.45) is 0. The third kappa shape index (κ3) is 4.61. The van der Waals surface area contributed by atoms with Gasteiger partial charge in [0.1, 0.15) is 22.3 Å². The summed E-state index contributed by atoms with van der Waals surface area (Å²) in [6.45, 7) is 0. The summed E-state index contributed by atoms with van der Waals surface area (Å²) >= 11 is 0. The average Bonchev–Trinajstić information content (AvgIpc) is 3.80. The third-order valence-electron chi connectivity index (χ3n) is 10.7. The molecule has 53 heavy (non-hydrogen) atoms. The first-order valence-electron chi connectivity index (χ1n) is 18.0. The summed E-state index contributed by atoms with van der Waals surface area (Å²) in [5, 5.41) is 9.29. The first-order valence-corrected chi connectivity index (χ1v) is 18.0. The van der Waals surface area contributed by atoms with E-state index >= 15 is 0 Å². The van der Waals surface area contributed by atoms with E-state index in [1.165, 1.54) is 27.1 Å². The van der Waals surface area contributed by atoms with Crippen molar-refractivity contribution in [3.05, 3.63) is 188 Å². The maximum absolute atomic E-state index is 6.49. The molecule has 0 bridgehead atoms. The Kier molecular flexibility index (Phi) is 6.55. The van der Waals surface area contributed by atoms with Crippen molar-refractivity contribution in [3.8, 4) is 22.3 Å². The number of hydrogen-bond acceptors (Lipinski definition) is 3. The van der Waals surface area contributed by atoms with Crippen molar-refractivity contribution < 1.29 is 8.83 Å². The maximum Gasteiger partial charge on any atom is 0.143 e. The Bertz CT molecular complexity index is 3170. The van der Waals surface area contributed by atoms with Gasteiger partial charge in [0, 0.05) is 55.5 Å². The quantitative estimate of drug-likeness (QED) is 0.170. The Morgan fingerprint density at radius 3 is 1.62 bits per heavy atom. The van der Waals surface area contributed by atoms with Crippen LogP contribution in [0.25, 0.3) is 87.7 Å². The van der Waals surface area contributed by atoms with E-state index in [1.807, 2.05) is 24.3 Å². The smallest absolute Gasteiger partial charge is 0.143 e. The molecular formula is C50H31NO2. The van der Waals surface area contributed by atoms with Crippen molar-refractivity contribution in [1.29, 1.82) is 0 Å². The van der Waals surface area contributed by atoms with Crippen LogP contribution in [-0.4, -0.2) is 0 Å². The zero-order valence-corrected chi connectivity index (χ0v) is 28.7. The molecule has 0 aliphatic carbocycles. The highest BCUT2D eigenvalue weighted by molar-refractivity contribution is 6.22. The fourth-order valence-corrected chi connectivity index (χ4v) is 8.28. The van der Waals surface area contributed by atoms with E-state index in [0.29, 0.717) is 0 Å². The van der Waals surface area contributed by atoms with E-state index in [-0.39, 0.29) is 0 Å². The molecule has 11 rings (SSSR count). The SMILES string of the molecule is c1ccc(-c2c(N(c3ccc(-c4cccc5c4oc4ccccc45)cc3)c3ccc4c(c3)oc3ccccc34)c3ccccc3c3ccccc23)cc1. The highest BCUT2D eigenvalue weighted by Crippen LogP contribution is 2.50. The number of rotatable bonds is 5. The minimum atomic E-state index is 0.855. The topological polar surface area (TPSA) is 29.5 Å². The van der Waals surface area contributed by atoms with Gasteiger partial charge in [-0.2, -0.15) is 0 Å². The van der Waals surface area contributed by atoms with E-state index in [9.17, 15) is 0 Å². The second-order valence-electron chi connectivity index (χ2n) is 13.6. The van der Waals surface area contributed by atoms with Crippen molar-refractivity contribution in [1.82, 2.24) is 0 Å². The predicted molar refractivity (Wildman–Crippen MR) is 222 cm³/mol. The number of anilines is 3. The zero-order chi connectivity index (χ0) is 34.9. The van der Waals surface area contributed by atoms with Gasteiger partial charge in [-0.3, -0.25) is 0 Å². The van der Waals surface area contributed by atoms with Crippen LogP contribution >= 0.6 is 0 Å². The van der Waals surface area contributed by atoms with Crippen LogP contribution in [0.15, 0.2) is 197 Å². The van der Waals surface area contributed by atoms with Crippen molar-refractivity contribution in [2.45, 2.75) is 0 Å². The van der Waals surface area contributed by atoms with Crippen LogP contribution in [0.1, 0.15) is 0 Å². The van der Waals surface area contributed by atoms with Crippen LogP contribution in [0.4, 0.5) is 17.1 Å². The molecule has 0 unspecified atom stereocenters. The number of furan rings is 2. The molecule has 9 aromatic carbocycles. The van der Waals surface area contributed by atoms with Crippen molar-refractivity contribution in [2.75, 3.05) is 4.90 Å². The molecule has 0 aliphatic rings. The molecule has 0 amide bonds. The molecule has 0 atom stereocenters. The summed E-state index contributed by atoms with van der Waals surface area (Å²) in [5.41, 5.74) is 11.2. The van der Waals surface area contributed by atoms with Crippen molar-refractivity contribution >= 4 is 82.5 Å². The molecule has 0 radical (unpaired) electrons. The number of fused-ring (bicyclic) bond motifs is 9. The molecule has 2 aromatic heterocycles. The normalized spacial score (nSPS) is 11.8. The van der Waals surface area contributed by atoms with Gasteiger partial charge in [-0.1, -0.05) is 146 Å². The zero-order valence-electron chi connectivity index (χ0n) is 28.7. The van der Waals surface area contributed by atoms with Gasteiger partial charge in [0.2, 0.25) is 0 Å². The third-order valence-corrected chi connectivity index (χ3v) is 10.7. The minimum Gasteiger partial charge on any atom is -0.456 e. The van der Waals surface area contributed by atoms with Gasteiger partial charge in [0.15, 0.2) is 0 Å². The highest BCUT2D eigenvalue weighted by Gasteiger charge is 2.24. The maximum atomic E-state index is 6.49. The molecule has 0 N–H and O–H groups in total. The van der Waals surface area contributed by atoms with E-state index in [2.05, 4.69) is 169 Å². The summed E-state index contributed by atoms with van der Waals surface area (Å²) < 4.78 is 12.9. The summed E-state index contributed by atoms with van der Waals surface area (Å²) in [4.78, 5) is 2.41. The lowest BCUT2D eigenvalue weighted by atomic mass is 9.90. The molecule has 11 aromatic rings. The van der Waals surface area contributed by atoms with Crippen LogP contribution < -0.4 is 4.90 Å². The number of benzene rings is 9. The molecule has 0 saturated heterocycles. The summed E-state index contributed by atoms with van der Waals surface area (Å²) in [5.74, 6) is 0. The van der Waals surface area contributed by atoms with Gasteiger partial charge in [-0.15, -0.1) is 0 Å². The van der Waals surface area contributed by atoms with Crippen LogP contribution in [0.5, 0.6) is 0 Å². The van der Waals surface area contributed by atoms with Crippen LogP contribution in [0.2, 0.25) is 0 Å². The van der Waals surface area contributed by atoms with Crippen molar-refractivity contribution in [3.63, 3.8) is 0 Å². The monoisotopic (exact) mass is 677 g/mol. The molecule has 0 fully saturated rings. The van der Waals surface area contributed by atoms with Gasteiger partial charge in [0.25, 0.3) is 0 Å². The van der Waals surface area contributed by atoms with Crippen molar-refractivity contribution in [2.24, 2.45) is 0 Å². The molecule has 0 saturated carbocycles. The Labute approximate surface area is 305 Å². The molecule has 248 valence electrons. The Morgan fingerprint density at radius 1 is 0.321 bits per heavy atom. The summed E-state index contributed by atoms with van der Waals surface area (Å²) in [7, 11) is 0. The lowest BCUT2D eigenvalue weighted by Crippen LogP contribution is -2.12. The van der Waals surface area contributed by atoms with E-state index in [4.69, 9.17) is 8.83 Å². The Hall–Kier alpha value is -7.10. The lowest BCUT2D eigenvalue weighted by Gasteiger charge is -2.30. The molecule has 3 heteroatoms. The summed E-state index contributed by atoms with van der Waals surface area (Å²) in [6, 6.07) is 66.8. The fourth-order valence-electron chi connectivity index (χ4n) is 8.28. The lowest BCUT2D eigenvalue weighted by molar-refractivity contribution is 0.669. The predicted octanol–water partition coefficient (Wildman–Crippen LogP) is 14.6. The van der Waals surface area contributed by atoms with Crippen LogP contribution in [-0.2, 0) is 0 Å². The van der Waals surface area contributed by atoms with Crippen LogP contribution in [0, 0.1) is 0 Å². The second kappa shape index (κ2) is 11.7. The van der Waals surface area contributed by atoms with Gasteiger partial charge < -0.3 is 13.7 Å². The Balaban J connectivity index is 1.19. The number of hydrogen-bond donors (Lipinski definition) is 0. The standard InChI is InChI=1S/C50H31NO2/c1-2-13-33(14-3-1)48-42-19-6-4-15-37(42)38-16-5-7-20-43(38)49(48)51(35-29-30-41-39-17-8-10-23-45(39)52-47(41)31-35)34-27-25-32(26-28-34)36-21-12-22-44-40-18-9-11-24-46(40)53-50(36)44/h1-31H. The van der Waals surface area contributed by atoms with Gasteiger partial charge in [-0.25, -0.2) is 0 Å². The second-order valence-corrected chi connectivity index (χ2v) is 13.6.